The number of nitrogens with zero attached hydrogens (tertiary/aromatic N) is 2. The van der Waals surface area contributed by atoms with Gasteiger partial charge in [0.2, 0.25) is 0 Å². The summed E-state index contributed by atoms with van der Waals surface area (Å²) in [6, 6.07) is 15.3. The summed E-state index contributed by atoms with van der Waals surface area (Å²) in [5, 5.41) is 2.87. The van der Waals surface area contributed by atoms with Crippen molar-refractivity contribution in [3.63, 3.8) is 0 Å². The second-order valence-electron chi connectivity index (χ2n) is 9.47. The van der Waals surface area contributed by atoms with Gasteiger partial charge in [-0.25, -0.2) is 9.78 Å². The van der Waals surface area contributed by atoms with Gasteiger partial charge in [-0.15, -0.1) is 4.57 Å². The van der Waals surface area contributed by atoms with Gasteiger partial charge in [0.15, 0.2) is 5.65 Å². The molecule has 4 aromatic rings. The second kappa shape index (κ2) is 9.21. The summed E-state index contributed by atoms with van der Waals surface area (Å²) in [4.78, 5) is 41.9. The molecule has 0 aliphatic rings. The molecule has 8 nitrogen and oxygen atoms in total. The highest BCUT2D eigenvalue weighted by Crippen LogP contribution is 2.23. The molecule has 0 fully saturated rings. The number of nitrogens with one attached hydrogen (secondary N) is 1. The van der Waals surface area contributed by atoms with Crippen LogP contribution in [0.1, 0.15) is 64.1 Å². The molecule has 0 saturated heterocycles. The number of aryl methyl sites for hydroxylation is 2. The normalized spacial score (nSPS) is 11.5. The van der Waals surface area contributed by atoms with Crippen molar-refractivity contribution in [1.29, 1.82) is 0 Å². The van der Waals surface area contributed by atoms with Crippen molar-refractivity contribution in [2.75, 3.05) is 5.32 Å². The lowest BCUT2D eigenvalue weighted by Crippen LogP contribution is -2.16. The molecule has 35 heavy (non-hydrogen) atoms. The number of ether oxygens (including phenoxy) is 1. The van der Waals surface area contributed by atoms with E-state index in [4.69, 9.17) is 9.26 Å². The maximum absolute atomic E-state index is 12.8. The van der Waals surface area contributed by atoms with Crippen LogP contribution < -0.4 is 10.9 Å². The van der Waals surface area contributed by atoms with Crippen molar-refractivity contribution in [2.45, 2.75) is 46.6 Å². The van der Waals surface area contributed by atoms with Gasteiger partial charge < -0.3 is 14.6 Å². The molecule has 2 heterocycles. The minimum absolute atomic E-state index is 0.00683. The van der Waals surface area contributed by atoms with E-state index in [1.165, 1.54) is 6.07 Å². The van der Waals surface area contributed by atoms with Crippen LogP contribution in [-0.4, -0.2) is 21.4 Å². The Morgan fingerprint density at radius 3 is 2.37 bits per heavy atom. The van der Waals surface area contributed by atoms with Crippen LogP contribution in [0.2, 0.25) is 0 Å². The molecule has 2 aromatic heterocycles. The highest BCUT2D eigenvalue weighted by molar-refractivity contribution is 6.05. The Hall–Kier alpha value is -4.20. The number of hydrogen-bond donors (Lipinski definition) is 1. The van der Waals surface area contributed by atoms with Crippen LogP contribution in [0.15, 0.2) is 63.9 Å². The first kappa shape index (κ1) is 23.9. The number of esters is 1. The molecule has 4 rings (SSSR count). The summed E-state index contributed by atoms with van der Waals surface area (Å²) in [6.07, 6.45) is 0. The molecule has 0 unspecified atom stereocenters. The highest BCUT2D eigenvalue weighted by atomic mass is 16.5. The Balaban J connectivity index is 1.46. The van der Waals surface area contributed by atoms with Crippen molar-refractivity contribution in [2.24, 2.45) is 0 Å². The summed E-state index contributed by atoms with van der Waals surface area (Å²) >= 11 is 0. The van der Waals surface area contributed by atoms with Gasteiger partial charge in [-0.1, -0.05) is 39.0 Å². The van der Waals surface area contributed by atoms with E-state index < -0.39 is 11.5 Å². The zero-order chi connectivity index (χ0) is 25.3. The zero-order valence-electron chi connectivity index (χ0n) is 20.3. The smallest absolute Gasteiger partial charge is 0.338 e. The van der Waals surface area contributed by atoms with Crippen LogP contribution in [0, 0.1) is 13.8 Å². The Bertz CT molecular complexity index is 1470. The molecule has 0 saturated carbocycles. The number of anilines is 1. The van der Waals surface area contributed by atoms with Gasteiger partial charge in [-0.05, 0) is 54.7 Å². The zero-order valence-corrected chi connectivity index (χ0v) is 20.3. The third-order valence-corrected chi connectivity index (χ3v) is 5.61. The number of carbonyl (C=O) groups is 2. The van der Waals surface area contributed by atoms with E-state index in [1.54, 1.807) is 43.3 Å². The van der Waals surface area contributed by atoms with Crippen molar-refractivity contribution in [3.8, 4) is 0 Å². The first-order chi connectivity index (χ1) is 16.5. The SMILES string of the molecule is Cc1cc2nc(COC(=O)c3ccc(C)c(NC(=O)c4ccc(C(C)(C)C)cc4)c3)cc(=O)n2o1. The lowest BCUT2D eigenvalue weighted by atomic mass is 9.86. The number of fused-ring (bicyclic) bond motifs is 1. The molecule has 1 amide bonds. The number of rotatable bonds is 5. The van der Waals surface area contributed by atoms with E-state index in [0.29, 0.717) is 28.4 Å². The van der Waals surface area contributed by atoms with Crippen LogP contribution in [0.3, 0.4) is 0 Å². The molecule has 0 spiro atoms. The Morgan fingerprint density at radius 2 is 1.69 bits per heavy atom. The molecule has 0 aliphatic carbocycles. The van der Waals surface area contributed by atoms with Crippen LogP contribution in [0.5, 0.6) is 0 Å². The Kier molecular flexibility index (Phi) is 6.30. The van der Waals surface area contributed by atoms with E-state index in [-0.39, 0.29) is 23.5 Å². The summed E-state index contributed by atoms with van der Waals surface area (Å²) in [5.74, 6) is -0.323. The first-order valence-corrected chi connectivity index (χ1v) is 11.2. The first-order valence-electron chi connectivity index (χ1n) is 11.2. The molecule has 8 heteroatoms. The average molecular weight is 474 g/mol. The van der Waals surface area contributed by atoms with Crippen molar-refractivity contribution in [3.05, 3.63) is 98.7 Å². The fraction of sp³-hybridized carbons (Fsp3) is 0.259. The fourth-order valence-corrected chi connectivity index (χ4v) is 3.57. The van der Waals surface area contributed by atoms with E-state index >= 15 is 0 Å². The lowest BCUT2D eigenvalue weighted by molar-refractivity contribution is 0.0467. The fourth-order valence-electron chi connectivity index (χ4n) is 3.57. The van der Waals surface area contributed by atoms with Crippen molar-refractivity contribution < 1.29 is 18.8 Å². The minimum atomic E-state index is -0.597. The van der Waals surface area contributed by atoms with Gasteiger partial charge in [0.25, 0.3) is 11.5 Å². The molecule has 1 N–H and O–H groups in total. The van der Waals surface area contributed by atoms with Crippen LogP contribution >= 0.6 is 0 Å². The van der Waals surface area contributed by atoms with E-state index in [9.17, 15) is 14.4 Å². The summed E-state index contributed by atoms with van der Waals surface area (Å²) in [5.41, 5.74) is 3.48. The summed E-state index contributed by atoms with van der Waals surface area (Å²) < 4.78 is 11.7. The summed E-state index contributed by atoms with van der Waals surface area (Å²) in [6.45, 7) is 9.71. The Labute approximate surface area is 202 Å². The molecule has 0 bridgehead atoms. The number of amides is 1. The molecule has 0 aliphatic heterocycles. The molecule has 2 aromatic carbocycles. The van der Waals surface area contributed by atoms with Gasteiger partial charge in [-0.2, -0.15) is 0 Å². The van der Waals surface area contributed by atoms with Crippen LogP contribution in [0.25, 0.3) is 5.65 Å². The third-order valence-electron chi connectivity index (χ3n) is 5.61. The second-order valence-corrected chi connectivity index (χ2v) is 9.47. The van der Waals surface area contributed by atoms with Gasteiger partial charge in [0, 0.05) is 23.4 Å². The maximum Gasteiger partial charge on any atom is 0.338 e. The van der Waals surface area contributed by atoms with Crippen molar-refractivity contribution in [1.82, 2.24) is 9.56 Å². The number of benzene rings is 2. The highest BCUT2D eigenvalue weighted by Gasteiger charge is 2.16. The van der Waals surface area contributed by atoms with Crippen LogP contribution in [0.4, 0.5) is 5.69 Å². The lowest BCUT2D eigenvalue weighted by Gasteiger charge is -2.19. The number of hydrogen-bond acceptors (Lipinski definition) is 6. The van der Waals surface area contributed by atoms with E-state index in [1.807, 2.05) is 19.1 Å². The van der Waals surface area contributed by atoms with Gasteiger partial charge in [0.05, 0.1) is 11.3 Å². The maximum atomic E-state index is 12.8. The quantitative estimate of drug-likeness (QED) is 0.417. The average Bonchev–Trinajstić information content (AvgIpc) is 3.19. The molecular weight excluding hydrogens is 446 g/mol. The topological polar surface area (TPSA) is 103 Å². The molecule has 0 radical (unpaired) electrons. The predicted octanol–water partition coefficient (Wildman–Crippen LogP) is 4.81. The number of aromatic nitrogens is 2. The van der Waals surface area contributed by atoms with Gasteiger partial charge >= 0.3 is 5.97 Å². The number of carbonyl (C=O) groups excluding carboxylic acids is 2. The standard InChI is InChI=1S/C27H27N3O5/c1-16-6-7-19(13-22(16)29-25(32)18-8-10-20(11-9-18)27(3,4)5)26(33)34-15-21-14-24(31)30-23(28-21)12-17(2)35-30/h6-14H,15H2,1-5H3,(H,29,32). The largest absolute Gasteiger partial charge is 0.456 e. The van der Waals surface area contributed by atoms with Gasteiger partial charge in [0.1, 0.15) is 12.4 Å². The van der Waals surface area contributed by atoms with Gasteiger partial charge in [-0.3, -0.25) is 9.59 Å². The molecule has 180 valence electrons. The summed E-state index contributed by atoms with van der Waals surface area (Å²) in [7, 11) is 0. The Morgan fingerprint density at radius 1 is 1.00 bits per heavy atom. The minimum Gasteiger partial charge on any atom is -0.456 e. The van der Waals surface area contributed by atoms with Crippen molar-refractivity contribution >= 4 is 23.2 Å². The van der Waals surface area contributed by atoms with E-state index in [0.717, 1.165) is 15.7 Å². The monoisotopic (exact) mass is 473 g/mol. The van der Waals surface area contributed by atoms with E-state index in [2.05, 4.69) is 31.1 Å². The molecule has 0 atom stereocenters. The third kappa shape index (κ3) is 5.32. The predicted molar refractivity (Wildman–Crippen MR) is 132 cm³/mol. The van der Waals surface area contributed by atoms with Crippen LogP contribution in [-0.2, 0) is 16.8 Å². The molecular formula is C27H27N3O5.